The van der Waals surface area contributed by atoms with Gasteiger partial charge in [0.2, 0.25) is 10.0 Å². The zero-order valence-corrected chi connectivity index (χ0v) is 8.92. The summed E-state index contributed by atoms with van der Waals surface area (Å²) < 4.78 is 24.3. The largest absolute Gasteiger partial charge is 0.215 e. The van der Waals surface area contributed by atoms with Gasteiger partial charge in [-0.3, -0.25) is 0 Å². The molecular weight excluding hydrogens is 198 g/mol. The number of sulfonamides is 1. The molecule has 74 valence electrons. The third kappa shape index (κ3) is 6.88. The minimum absolute atomic E-state index is 0.155. The van der Waals surface area contributed by atoms with Crippen LogP contribution in [0, 0.1) is 0 Å². The third-order valence-corrected chi connectivity index (χ3v) is 3.18. The number of hydrogen-bond donors (Lipinski definition) is 1. The molecule has 5 heteroatoms. The van der Waals surface area contributed by atoms with Crippen LogP contribution in [0.3, 0.4) is 0 Å². The van der Waals surface area contributed by atoms with Gasteiger partial charge in [0.1, 0.15) is 0 Å². The van der Waals surface area contributed by atoms with Crippen LogP contribution in [0.5, 0.6) is 0 Å². The summed E-state index contributed by atoms with van der Waals surface area (Å²) in [5.41, 5.74) is 0. The first kappa shape index (κ1) is 12.2. The van der Waals surface area contributed by atoms with Crippen LogP contribution in [0.25, 0.3) is 0 Å². The third-order valence-electron chi connectivity index (χ3n) is 1.51. The van der Waals surface area contributed by atoms with Crippen LogP contribution < -0.4 is 4.72 Å². The first-order valence-electron chi connectivity index (χ1n) is 4.15. The van der Waals surface area contributed by atoms with Gasteiger partial charge in [0.05, 0.1) is 5.75 Å². The molecule has 0 spiro atoms. The van der Waals surface area contributed by atoms with Crippen molar-refractivity contribution in [3.05, 3.63) is 0 Å². The van der Waals surface area contributed by atoms with Gasteiger partial charge in [-0.05, 0) is 19.8 Å². The number of halogens is 1. The van der Waals surface area contributed by atoms with Gasteiger partial charge in [-0.2, -0.15) is 0 Å². The second-order valence-corrected chi connectivity index (χ2v) is 5.02. The van der Waals surface area contributed by atoms with E-state index in [4.69, 9.17) is 11.6 Å². The van der Waals surface area contributed by atoms with Crippen LogP contribution >= 0.6 is 11.6 Å². The van der Waals surface area contributed by atoms with Gasteiger partial charge in [0.25, 0.3) is 0 Å². The Labute approximate surface area is 79.5 Å². The van der Waals surface area contributed by atoms with E-state index in [0.29, 0.717) is 12.4 Å². The van der Waals surface area contributed by atoms with E-state index in [2.05, 4.69) is 4.72 Å². The highest BCUT2D eigenvalue weighted by molar-refractivity contribution is 7.89. The molecule has 0 aliphatic rings. The molecule has 0 radical (unpaired) electrons. The highest BCUT2D eigenvalue weighted by atomic mass is 35.5. The van der Waals surface area contributed by atoms with Crippen molar-refractivity contribution in [3.8, 4) is 0 Å². The minimum atomic E-state index is -2.99. The van der Waals surface area contributed by atoms with Crippen LogP contribution in [-0.2, 0) is 10.0 Å². The highest BCUT2D eigenvalue weighted by Crippen LogP contribution is 1.96. The van der Waals surface area contributed by atoms with Gasteiger partial charge in [-0.25, -0.2) is 13.1 Å². The van der Waals surface area contributed by atoms with E-state index in [1.165, 1.54) is 0 Å². The van der Waals surface area contributed by atoms with Crippen molar-refractivity contribution in [1.82, 2.24) is 4.72 Å². The molecule has 0 unspecified atom stereocenters. The molecule has 0 aromatic rings. The molecule has 0 atom stereocenters. The van der Waals surface area contributed by atoms with Crippen LogP contribution in [0.15, 0.2) is 0 Å². The van der Waals surface area contributed by atoms with Crippen LogP contribution in [-0.4, -0.2) is 26.6 Å². The lowest BCUT2D eigenvalue weighted by molar-refractivity contribution is 0.577. The summed E-state index contributed by atoms with van der Waals surface area (Å²) in [6.07, 6.45) is 2.80. The average molecular weight is 214 g/mol. The van der Waals surface area contributed by atoms with Gasteiger partial charge >= 0.3 is 0 Å². The van der Waals surface area contributed by atoms with Crippen molar-refractivity contribution >= 4 is 21.6 Å². The number of unbranched alkanes of at least 4 members (excludes halogenated alkanes) is 2. The molecule has 0 aromatic heterocycles. The highest BCUT2D eigenvalue weighted by Gasteiger charge is 2.03. The molecule has 0 aliphatic carbocycles. The molecule has 12 heavy (non-hydrogen) atoms. The van der Waals surface area contributed by atoms with E-state index in [-0.39, 0.29) is 5.75 Å². The Kier molecular flexibility index (Phi) is 6.80. The Morgan fingerprint density at radius 1 is 1.25 bits per heavy atom. The van der Waals surface area contributed by atoms with E-state index in [1.807, 2.05) is 0 Å². The number of alkyl halides is 1. The number of rotatable bonds is 7. The topological polar surface area (TPSA) is 46.2 Å². The van der Waals surface area contributed by atoms with Crippen molar-refractivity contribution in [3.63, 3.8) is 0 Å². The SMILES string of the molecule is CCS(=O)(=O)NCCCCCCl. The Bertz CT molecular complexity index is 192. The van der Waals surface area contributed by atoms with Gasteiger partial charge in [0.15, 0.2) is 0 Å². The predicted octanol–water partition coefficient (Wildman–Crippen LogP) is 1.33. The zero-order valence-electron chi connectivity index (χ0n) is 7.35. The lowest BCUT2D eigenvalue weighted by Crippen LogP contribution is -2.26. The van der Waals surface area contributed by atoms with E-state index in [1.54, 1.807) is 6.92 Å². The van der Waals surface area contributed by atoms with Crippen LogP contribution in [0.2, 0.25) is 0 Å². The van der Waals surface area contributed by atoms with Gasteiger partial charge in [0, 0.05) is 12.4 Å². The summed E-state index contributed by atoms with van der Waals surface area (Å²) in [5.74, 6) is 0.809. The van der Waals surface area contributed by atoms with Gasteiger partial charge in [-0.15, -0.1) is 11.6 Å². The summed E-state index contributed by atoms with van der Waals surface area (Å²) in [6.45, 7) is 2.16. The quantitative estimate of drug-likeness (QED) is 0.513. The lowest BCUT2D eigenvalue weighted by Gasteiger charge is -2.02. The molecule has 3 nitrogen and oxygen atoms in total. The Morgan fingerprint density at radius 2 is 1.92 bits per heavy atom. The fourth-order valence-corrected chi connectivity index (χ4v) is 1.57. The minimum Gasteiger partial charge on any atom is -0.215 e. The average Bonchev–Trinajstić information content (AvgIpc) is 2.04. The van der Waals surface area contributed by atoms with Crippen molar-refractivity contribution in [2.45, 2.75) is 26.2 Å². The van der Waals surface area contributed by atoms with E-state index in [0.717, 1.165) is 19.3 Å². The predicted molar refractivity (Wildman–Crippen MR) is 52.0 cm³/mol. The monoisotopic (exact) mass is 213 g/mol. The fourth-order valence-electron chi connectivity index (χ4n) is 0.726. The molecule has 0 aromatic carbocycles. The molecule has 0 saturated heterocycles. The van der Waals surface area contributed by atoms with Crippen LogP contribution in [0.1, 0.15) is 26.2 Å². The van der Waals surface area contributed by atoms with E-state index < -0.39 is 10.0 Å². The summed E-state index contributed by atoms with van der Waals surface area (Å²) in [6, 6.07) is 0. The maximum absolute atomic E-state index is 10.9. The van der Waals surface area contributed by atoms with E-state index >= 15 is 0 Å². The second kappa shape index (κ2) is 6.69. The summed E-state index contributed by atoms with van der Waals surface area (Å²) in [5, 5.41) is 0. The molecule has 0 saturated carbocycles. The van der Waals surface area contributed by atoms with Gasteiger partial charge in [-0.1, -0.05) is 6.42 Å². The summed E-state index contributed by atoms with van der Waals surface area (Å²) >= 11 is 5.46. The van der Waals surface area contributed by atoms with Crippen LogP contribution in [0.4, 0.5) is 0 Å². The lowest BCUT2D eigenvalue weighted by atomic mass is 10.2. The van der Waals surface area contributed by atoms with Crippen molar-refractivity contribution in [1.29, 1.82) is 0 Å². The molecule has 1 N–H and O–H groups in total. The number of hydrogen-bond acceptors (Lipinski definition) is 2. The van der Waals surface area contributed by atoms with Crippen molar-refractivity contribution in [2.75, 3.05) is 18.2 Å². The summed E-state index contributed by atoms with van der Waals surface area (Å²) in [4.78, 5) is 0. The molecule has 0 rings (SSSR count). The van der Waals surface area contributed by atoms with Crippen molar-refractivity contribution in [2.24, 2.45) is 0 Å². The molecular formula is C7H16ClNO2S. The van der Waals surface area contributed by atoms with E-state index in [9.17, 15) is 8.42 Å². The first-order chi connectivity index (χ1) is 5.62. The molecule has 0 aliphatic heterocycles. The standard InChI is InChI=1S/C7H16ClNO2S/c1-2-12(10,11)9-7-5-3-4-6-8/h9H,2-7H2,1H3. The fraction of sp³-hybridized carbons (Fsp3) is 1.00. The molecule has 0 heterocycles. The first-order valence-corrected chi connectivity index (χ1v) is 6.34. The second-order valence-electron chi connectivity index (χ2n) is 2.55. The smallest absolute Gasteiger partial charge is 0.211 e. The zero-order chi connectivity index (χ0) is 9.45. The molecule has 0 amide bonds. The maximum atomic E-state index is 10.9. The van der Waals surface area contributed by atoms with Gasteiger partial charge < -0.3 is 0 Å². The Balaban J connectivity index is 3.32. The normalized spacial score (nSPS) is 11.8. The van der Waals surface area contributed by atoms with Crippen molar-refractivity contribution < 1.29 is 8.42 Å². The molecule has 0 fully saturated rings. The Hall–Kier alpha value is 0.200. The maximum Gasteiger partial charge on any atom is 0.211 e. The Morgan fingerprint density at radius 3 is 2.42 bits per heavy atom. The molecule has 0 bridgehead atoms. The summed E-state index contributed by atoms with van der Waals surface area (Å²) in [7, 11) is -2.99. The number of nitrogens with one attached hydrogen (secondary N) is 1.